The Labute approximate surface area is 273 Å². The first-order chi connectivity index (χ1) is 22.1. The summed E-state index contributed by atoms with van der Waals surface area (Å²) in [6.07, 6.45) is 7.57. The van der Waals surface area contributed by atoms with Gasteiger partial charge in [0.25, 0.3) is 5.91 Å². The molecule has 5 atom stereocenters. The van der Waals surface area contributed by atoms with E-state index in [4.69, 9.17) is 15.7 Å². The highest BCUT2D eigenvalue weighted by atomic mass is 17.1. The first kappa shape index (κ1) is 41.2. The van der Waals surface area contributed by atoms with Crippen molar-refractivity contribution in [2.24, 2.45) is 17.6 Å². The quantitative estimate of drug-likeness (QED) is 0.0345. The lowest BCUT2D eigenvalue weighted by Gasteiger charge is -2.32. The molecule has 14 nitrogen and oxygen atoms in total. The number of unbranched alkanes of at least 4 members (excludes halogenated alkanes) is 2. The Kier molecular flexibility index (Phi) is 21.8. The van der Waals surface area contributed by atoms with Crippen LogP contribution < -0.4 is 27.0 Å². The van der Waals surface area contributed by atoms with Gasteiger partial charge >= 0.3 is 5.97 Å². The summed E-state index contributed by atoms with van der Waals surface area (Å²) in [4.78, 5) is 69.0. The molecule has 1 saturated carbocycles. The molecule has 1 aliphatic rings. The molecule has 2 unspecified atom stereocenters. The van der Waals surface area contributed by atoms with Gasteiger partial charge in [0.05, 0.1) is 19.3 Å². The third kappa shape index (κ3) is 16.1. The van der Waals surface area contributed by atoms with Crippen LogP contribution in [0.15, 0.2) is 0 Å². The third-order valence-electron chi connectivity index (χ3n) is 8.30. The topological polar surface area (TPSA) is 218 Å². The molecular weight excluding hydrogens is 598 g/mol. The second-order valence-electron chi connectivity index (χ2n) is 12.2. The molecule has 8 N–H and O–H groups in total. The standard InChI is InChI=1S/C32H59N5O9/c1-4-13-24(28(39)32(43)34-21-26(38)45-19-5-2)35-30(41)25(17-9-11-18-33)36-31(42)27(23-15-7-6-8-16-23)37-29(40)22(3)14-10-12-20-46-44/h22-25,27-28,39,44H,4-21,33H2,1-3H3,(H,34,43)(H,35,41)(H,36,42)(H,37,40)/t22-,24?,25-,27-,28?/m0/s1. The van der Waals surface area contributed by atoms with E-state index < -0.39 is 54.5 Å². The third-order valence-corrected chi connectivity index (χ3v) is 8.30. The van der Waals surface area contributed by atoms with Crippen LogP contribution in [0.3, 0.4) is 0 Å². The number of hydrogen-bond acceptors (Lipinski definition) is 10. The fourth-order valence-electron chi connectivity index (χ4n) is 5.55. The van der Waals surface area contributed by atoms with Gasteiger partial charge in [0.2, 0.25) is 17.7 Å². The van der Waals surface area contributed by atoms with Crippen molar-refractivity contribution in [3.05, 3.63) is 0 Å². The van der Waals surface area contributed by atoms with E-state index in [1.807, 2.05) is 13.8 Å². The predicted octanol–water partition coefficient (Wildman–Crippen LogP) is 1.68. The molecule has 266 valence electrons. The van der Waals surface area contributed by atoms with Crippen molar-refractivity contribution in [2.45, 2.75) is 135 Å². The molecule has 0 spiro atoms. The Hall–Kier alpha value is -2.81. The Bertz CT molecular complexity index is 916. The summed E-state index contributed by atoms with van der Waals surface area (Å²) in [5.74, 6) is -3.17. The smallest absolute Gasteiger partial charge is 0.325 e. The highest BCUT2D eigenvalue weighted by molar-refractivity contribution is 5.93. The number of nitrogens with one attached hydrogen (secondary N) is 4. The zero-order valence-corrected chi connectivity index (χ0v) is 28.0. The van der Waals surface area contributed by atoms with Gasteiger partial charge in [-0.05, 0) is 70.3 Å². The molecule has 0 heterocycles. The van der Waals surface area contributed by atoms with Crippen LogP contribution in [0.4, 0.5) is 0 Å². The van der Waals surface area contributed by atoms with E-state index in [-0.39, 0.29) is 43.8 Å². The molecule has 1 fully saturated rings. The maximum atomic E-state index is 13.8. The van der Waals surface area contributed by atoms with E-state index in [1.165, 1.54) is 0 Å². The van der Waals surface area contributed by atoms with Crippen LogP contribution in [0.2, 0.25) is 0 Å². The summed E-state index contributed by atoms with van der Waals surface area (Å²) in [5, 5.41) is 30.2. The van der Waals surface area contributed by atoms with Crippen molar-refractivity contribution in [1.82, 2.24) is 21.3 Å². The Morgan fingerprint density at radius 3 is 2.13 bits per heavy atom. The summed E-state index contributed by atoms with van der Waals surface area (Å²) in [7, 11) is 0. The van der Waals surface area contributed by atoms with Crippen molar-refractivity contribution >= 4 is 29.6 Å². The summed E-state index contributed by atoms with van der Waals surface area (Å²) in [6, 6.07) is -2.78. The molecule has 0 radical (unpaired) electrons. The summed E-state index contributed by atoms with van der Waals surface area (Å²) < 4.78 is 4.94. The largest absolute Gasteiger partial charge is 0.464 e. The van der Waals surface area contributed by atoms with E-state index in [0.29, 0.717) is 51.5 Å². The molecule has 1 rings (SSSR count). The van der Waals surface area contributed by atoms with Gasteiger partial charge in [0.15, 0.2) is 6.10 Å². The number of nitrogens with two attached hydrogens (primary N) is 1. The molecule has 46 heavy (non-hydrogen) atoms. The van der Waals surface area contributed by atoms with Gasteiger partial charge in [-0.1, -0.05) is 52.9 Å². The predicted molar refractivity (Wildman–Crippen MR) is 172 cm³/mol. The van der Waals surface area contributed by atoms with Crippen molar-refractivity contribution in [2.75, 3.05) is 26.3 Å². The minimum absolute atomic E-state index is 0.0807. The molecule has 4 amide bonds. The van der Waals surface area contributed by atoms with Crippen LogP contribution in [-0.2, 0) is 33.6 Å². The average Bonchev–Trinajstić information content (AvgIpc) is 3.06. The maximum absolute atomic E-state index is 13.8. The molecule has 14 heteroatoms. The number of hydrogen-bond donors (Lipinski definition) is 7. The molecular formula is C32H59N5O9. The van der Waals surface area contributed by atoms with E-state index in [2.05, 4.69) is 26.2 Å². The maximum Gasteiger partial charge on any atom is 0.325 e. The zero-order chi connectivity index (χ0) is 34.3. The summed E-state index contributed by atoms with van der Waals surface area (Å²) >= 11 is 0. The Morgan fingerprint density at radius 2 is 1.50 bits per heavy atom. The van der Waals surface area contributed by atoms with Gasteiger partial charge in [-0.3, -0.25) is 29.2 Å². The number of ether oxygens (including phenoxy) is 1. The lowest BCUT2D eigenvalue weighted by molar-refractivity contribution is -0.242. The van der Waals surface area contributed by atoms with E-state index in [9.17, 15) is 29.1 Å². The normalized spacial score (nSPS) is 16.7. The zero-order valence-electron chi connectivity index (χ0n) is 28.0. The van der Waals surface area contributed by atoms with Gasteiger partial charge in [0, 0.05) is 5.92 Å². The summed E-state index contributed by atoms with van der Waals surface area (Å²) in [5.41, 5.74) is 5.68. The number of aliphatic hydroxyl groups is 1. The van der Waals surface area contributed by atoms with E-state index in [1.54, 1.807) is 6.92 Å². The average molecular weight is 658 g/mol. The fourth-order valence-corrected chi connectivity index (χ4v) is 5.55. The summed E-state index contributed by atoms with van der Waals surface area (Å²) in [6.45, 7) is 5.86. The van der Waals surface area contributed by atoms with Gasteiger partial charge in [0.1, 0.15) is 18.6 Å². The molecule has 0 saturated heterocycles. The van der Waals surface area contributed by atoms with Gasteiger partial charge < -0.3 is 36.8 Å². The molecule has 1 aliphatic carbocycles. The fraction of sp³-hybridized carbons (Fsp3) is 0.844. The lowest BCUT2D eigenvalue weighted by atomic mass is 9.83. The molecule has 0 bridgehead atoms. The number of esters is 1. The number of carbonyl (C=O) groups is 5. The highest BCUT2D eigenvalue weighted by Crippen LogP contribution is 2.27. The second kappa shape index (κ2) is 24.4. The minimum atomic E-state index is -1.64. The molecule has 0 aromatic heterocycles. The van der Waals surface area contributed by atoms with Crippen LogP contribution in [0.5, 0.6) is 0 Å². The van der Waals surface area contributed by atoms with Crippen LogP contribution in [-0.4, -0.2) is 90.5 Å². The van der Waals surface area contributed by atoms with E-state index >= 15 is 0 Å². The molecule has 0 aromatic carbocycles. The Morgan fingerprint density at radius 1 is 0.804 bits per heavy atom. The minimum Gasteiger partial charge on any atom is -0.464 e. The first-order valence-electron chi connectivity index (χ1n) is 17.1. The van der Waals surface area contributed by atoms with E-state index in [0.717, 1.165) is 32.1 Å². The second-order valence-corrected chi connectivity index (χ2v) is 12.2. The number of amides is 4. The van der Waals surface area contributed by atoms with Crippen molar-refractivity contribution < 1.29 is 44.0 Å². The molecule has 0 aliphatic heterocycles. The van der Waals surface area contributed by atoms with Crippen molar-refractivity contribution in [3.63, 3.8) is 0 Å². The van der Waals surface area contributed by atoms with Gasteiger partial charge in [-0.2, -0.15) is 0 Å². The van der Waals surface area contributed by atoms with Crippen LogP contribution in [0.1, 0.15) is 111 Å². The van der Waals surface area contributed by atoms with Gasteiger partial charge in [-0.25, -0.2) is 4.89 Å². The number of carbonyl (C=O) groups excluding carboxylic acids is 5. The van der Waals surface area contributed by atoms with Crippen LogP contribution >= 0.6 is 0 Å². The van der Waals surface area contributed by atoms with Gasteiger partial charge in [-0.15, -0.1) is 0 Å². The lowest BCUT2D eigenvalue weighted by Crippen LogP contribution is -2.59. The van der Waals surface area contributed by atoms with Crippen molar-refractivity contribution in [1.29, 1.82) is 0 Å². The van der Waals surface area contributed by atoms with Crippen molar-refractivity contribution in [3.8, 4) is 0 Å². The number of aliphatic hydroxyl groups excluding tert-OH is 1. The Balaban J connectivity index is 3.03. The van der Waals surface area contributed by atoms with Crippen LogP contribution in [0.25, 0.3) is 0 Å². The molecule has 0 aromatic rings. The SMILES string of the molecule is CCCOC(=O)CNC(=O)C(O)C(CCC)NC(=O)[C@H](CCCCN)NC(=O)[C@@H](NC(=O)[C@@H](C)CCCCOO)C1CCCCC1. The monoisotopic (exact) mass is 657 g/mol. The number of rotatable bonds is 24. The highest BCUT2D eigenvalue weighted by Gasteiger charge is 2.35. The first-order valence-corrected chi connectivity index (χ1v) is 17.1. The van der Waals surface area contributed by atoms with Crippen LogP contribution in [0, 0.1) is 11.8 Å².